The SMILES string of the molecule is O=C1C=C(CCc2ccc(OC(F)(F)F)cc2)N=NC1=O. The summed E-state index contributed by atoms with van der Waals surface area (Å²) in [7, 11) is 0. The zero-order chi connectivity index (χ0) is 15.5. The van der Waals surface area contributed by atoms with Crippen molar-refractivity contribution in [3.63, 3.8) is 0 Å². The van der Waals surface area contributed by atoms with E-state index >= 15 is 0 Å². The van der Waals surface area contributed by atoms with Crippen LogP contribution in [0.1, 0.15) is 12.0 Å². The Morgan fingerprint density at radius 2 is 1.67 bits per heavy atom. The van der Waals surface area contributed by atoms with Crippen LogP contribution in [0.2, 0.25) is 0 Å². The zero-order valence-electron chi connectivity index (χ0n) is 10.6. The van der Waals surface area contributed by atoms with Gasteiger partial charge in [0.15, 0.2) is 0 Å². The first-order chi connectivity index (χ1) is 9.83. The summed E-state index contributed by atoms with van der Waals surface area (Å²) in [6.45, 7) is 0. The third kappa shape index (κ3) is 4.51. The Bertz CT molecular complexity index is 619. The molecule has 0 fully saturated rings. The summed E-state index contributed by atoms with van der Waals surface area (Å²) in [5, 5.41) is 6.77. The molecule has 0 spiro atoms. The number of rotatable bonds is 4. The number of hydrogen-bond donors (Lipinski definition) is 0. The van der Waals surface area contributed by atoms with E-state index in [1.165, 1.54) is 24.3 Å². The third-order valence-corrected chi connectivity index (χ3v) is 2.60. The maximum absolute atomic E-state index is 12.0. The summed E-state index contributed by atoms with van der Waals surface area (Å²) in [6.07, 6.45) is -2.82. The minimum absolute atomic E-state index is 0.302. The summed E-state index contributed by atoms with van der Waals surface area (Å²) in [5.41, 5.74) is 1.10. The van der Waals surface area contributed by atoms with E-state index in [1.807, 2.05) is 0 Å². The molecule has 0 radical (unpaired) electrons. The average molecular weight is 298 g/mol. The van der Waals surface area contributed by atoms with Crippen LogP contribution in [0.4, 0.5) is 13.2 Å². The fourth-order valence-electron chi connectivity index (χ4n) is 1.65. The Morgan fingerprint density at radius 1 is 1.00 bits per heavy atom. The van der Waals surface area contributed by atoms with Crippen LogP contribution in [0.15, 0.2) is 46.3 Å². The second-order valence-corrected chi connectivity index (χ2v) is 4.20. The van der Waals surface area contributed by atoms with Crippen LogP contribution in [-0.2, 0) is 16.0 Å². The van der Waals surface area contributed by atoms with E-state index in [9.17, 15) is 22.8 Å². The molecule has 5 nitrogen and oxygen atoms in total. The van der Waals surface area contributed by atoms with Crippen LogP contribution in [0, 0.1) is 0 Å². The number of azo groups is 1. The smallest absolute Gasteiger partial charge is 0.406 e. The highest BCUT2D eigenvalue weighted by Crippen LogP contribution is 2.23. The van der Waals surface area contributed by atoms with Gasteiger partial charge in [-0.25, -0.2) is 0 Å². The van der Waals surface area contributed by atoms with Gasteiger partial charge in [0.2, 0.25) is 5.78 Å². The summed E-state index contributed by atoms with van der Waals surface area (Å²) in [6, 6.07) is 5.37. The molecule has 2 rings (SSSR count). The number of carbonyl (C=O) groups excluding carboxylic acids is 2. The Hall–Kier alpha value is -2.51. The molecule has 1 amide bonds. The van der Waals surface area contributed by atoms with Crippen LogP contribution >= 0.6 is 0 Å². The van der Waals surface area contributed by atoms with Crippen LogP contribution in [0.5, 0.6) is 5.75 Å². The molecule has 1 heterocycles. The molecule has 0 saturated carbocycles. The van der Waals surface area contributed by atoms with Crippen molar-refractivity contribution in [2.75, 3.05) is 0 Å². The van der Waals surface area contributed by atoms with Gasteiger partial charge in [0.05, 0.1) is 5.70 Å². The molecule has 1 aromatic rings. The molecule has 0 aliphatic carbocycles. The largest absolute Gasteiger partial charge is 0.573 e. The van der Waals surface area contributed by atoms with Gasteiger partial charge in [0, 0.05) is 6.08 Å². The van der Waals surface area contributed by atoms with E-state index in [-0.39, 0.29) is 5.75 Å². The molecule has 0 N–H and O–H groups in total. The lowest BCUT2D eigenvalue weighted by atomic mass is 10.1. The average Bonchev–Trinajstić information content (AvgIpc) is 2.40. The zero-order valence-corrected chi connectivity index (χ0v) is 10.6. The van der Waals surface area contributed by atoms with Gasteiger partial charge in [-0.05, 0) is 30.5 Å². The molecule has 8 heteroatoms. The topological polar surface area (TPSA) is 68.1 Å². The number of amides is 1. The highest BCUT2D eigenvalue weighted by atomic mass is 19.4. The van der Waals surface area contributed by atoms with Crippen molar-refractivity contribution in [2.24, 2.45) is 10.2 Å². The standard InChI is InChI=1S/C13H9F3N2O3/c14-13(15,16)21-10-5-2-8(3-6-10)1-4-9-7-11(19)12(20)18-17-9/h2-3,5-7H,1,4H2. The maximum Gasteiger partial charge on any atom is 0.573 e. The summed E-state index contributed by atoms with van der Waals surface area (Å²) < 4.78 is 39.7. The number of hydrogen-bond acceptors (Lipinski definition) is 4. The summed E-state index contributed by atoms with van der Waals surface area (Å²) >= 11 is 0. The Kier molecular flexibility index (Phi) is 4.15. The van der Waals surface area contributed by atoms with Gasteiger partial charge in [-0.2, -0.15) is 5.11 Å². The monoisotopic (exact) mass is 298 g/mol. The van der Waals surface area contributed by atoms with Crippen molar-refractivity contribution in [1.82, 2.24) is 0 Å². The van der Waals surface area contributed by atoms with E-state index in [0.717, 1.165) is 11.6 Å². The van der Waals surface area contributed by atoms with Crippen LogP contribution in [0.3, 0.4) is 0 Å². The molecule has 1 aliphatic heterocycles. The van der Waals surface area contributed by atoms with Crippen molar-refractivity contribution < 1.29 is 27.5 Å². The quantitative estimate of drug-likeness (QED) is 0.802. The van der Waals surface area contributed by atoms with Gasteiger partial charge < -0.3 is 4.74 Å². The summed E-state index contributed by atoms with van der Waals surface area (Å²) in [4.78, 5) is 21.9. The Balaban J connectivity index is 1.93. The first-order valence-corrected chi connectivity index (χ1v) is 5.89. The molecule has 1 aliphatic rings. The van der Waals surface area contributed by atoms with Crippen LogP contribution in [-0.4, -0.2) is 18.1 Å². The molecule has 0 atom stereocenters. The molecule has 110 valence electrons. The highest BCUT2D eigenvalue weighted by molar-refractivity contribution is 6.41. The van der Waals surface area contributed by atoms with E-state index in [0.29, 0.717) is 18.5 Å². The lowest BCUT2D eigenvalue weighted by Crippen LogP contribution is -2.17. The fraction of sp³-hybridized carbons (Fsp3) is 0.231. The van der Waals surface area contributed by atoms with Gasteiger partial charge in [-0.1, -0.05) is 12.1 Å². The lowest BCUT2D eigenvalue weighted by Gasteiger charge is -2.09. The molecule has 0 aromatic heterocycles. The molecule has 0 saturated heterocycles. The van der Waals surface area contributed by atoms with Crippen LogP contribution in [0.25, 0.3) is 0 Å². The van der Waals surface area contributed by atoms with Crippen molar-refractivity contribution >= 4 is 11.7 Å². The highest BCUT2D eigenvalue weighted by Gasteiger charge is 2.30. The van der Waals surface area contributed by atoms with Gasteiger partial charge in [0.1, 0.15) is 5.75 Å². The predicted octanol–water partition coefficient (Wildman–Crippen LogP) is 2.96. The minimum atomic E-state index is -4.72. The number of alkyl halides is 3. The number of halogens is 3. The van der Waals surface area contributed by atoms with Gasteiger partial charge in [-0.15, -0.1) is 18.3 Å². The van der Waals surface area contributed by atoms with E-state index in [4.69, 9.17) is 0 Å². The van der Waals surface area contributed by atoms with Crippen molar-refractivity contribution in [3.05, 3.63) is 41.6 Å². The number of ether oxygens (including phenoxy) is 1. The van der Waals surface area contributed by atoms with E-state index in [1.54, 1.807) is 0 Å². The first-order valence-electron chi connectivity index (χ1n) is 5.89. The van der Waals surface area contributed by atoms with Crippen molar-refractivity contribution in [2.45, 2.75) is 19.2 Å². The predicted molar refractivity (Wildman–Crippen MR) is 64.4 cm³/mol. The van der Waals surface area contributed by atoms with Gasteiger partial charge in [-0.3, -0.25) is 9.59 Å². The maximum atomic E-state index is 12.0. The second kappa shape index (κ2) is 5.86. The first kappa shape index (κ1) is 14.9. The van der Waals surface area contributed by atoms with Gasteiger partial charge >= 0.3 is 12.3 Å². The number of ketones is 1. The molecular weight excluding hydrogens is 289 g/mol. The molecule has 0 unspecified atom stereocenters. The number of carbonyl (C=O) groups is 2. The van der Waals surface area contributed by atoms with Gasteiger partial charge in [0.25, 0.3) is 0 Å². The van der Waals surface area contributed by atoms with E-state index in [2.05, 4.69) is 15.0 Å². The normalized spacial score (nSPS) is 15.1. The number of allylic oxidation sites excluding steroid dienone is 1. The molecule has 0 bridgehead atoms. The number of aryl methyl sites for hydroxylation is 1. The minimum Gasteiger partial charge on any atom is -0.406 e. The second-order valence-electron chi connectivity index (χ2n) is 4.20. The third-order valence-electron chi connectivity index (χ3n) is 2.60. The van der Waals surface area contributed by atoms with Crippen molar-refractivity contribution in [1.29, 1.82) is 0 Å². The molecule has 1 aromatic carbocycles. The van der Waals surface area contributed by atoms with E-state index < -0.39 is 18.1 Å². The van der Waals surface area contributed by atoms with Crippen molar-refractivity contribution in [3.8, 4) is 5.75 Å². The molecule has 21 heavy (non-hydrogen) atoms. The fourth-order valence-corrected chi connectivity index (χ4v) is 1.65. The Labute approximate surface area is 117 Å². The Morgan fingerprint density at radius 3 is 2.24 bits per heavy atom. The summed E-state index contributed by atoms with van der Waals surface area (Å²) in [5.74, 6) is -1.94. The number of benzene rings is 1. The molecular formula is C13H9F3N2O3. The van der Waals surface area contributed by atoms with Crippen LogP contribution < -0.4 is 4.74 Å². The number of nitrogens with zero attached hydrogens (tertiary/aromatic N) is 2. The lowest BCUT2D eigenvalue weighted by molar-refractivity contribution is -0.274.